The first-order valence-corrected chi connectivity index (χ1v) is 13.9. The molecule has 3 aromatic rings. The van der Waals surface area contributed by atoms with Crippen LogP contribution >= 0.6 is 0 Å². The topological polar surface area (TPSA) is 86.3 Å². The van der Waals surface area contributed by atoms with Crippen LogP contribution in [0.2, 0.25) is 0 Å². The first kappa shape index (κ1) is 30.2. The van der Waals surface area contributed by atoms with Crippen molar-refractivity contribution in [2.75, 3.05) is 39.8 Å². The number of aldehydes is 1. The lowest BCUT2D eigenvalue weighted by Gasteiger charge is -2.22. The predicted octanol–water partition coefficient (Wildman–Crippen LogP) is 6.46. The smallest absolute Gasteiger partial charge is 0.258 e. The molecule has 8 heteroatoms. The molecule has 1 aliphatic rings. The molecule has 1 heterocycles. The summed E-state index contributed by atoms with van der Waals surface area (Å²) in [6.07, 6.45) is 5.81. The van der Waals surface area contributed by atoms with E-state index in [1.165, 1.54) is 7.11 Å². The SMILES string of the molecule is C=CC1CC(c2ccc(NC)cc2)=CN1C(=O)c1cc(OC)c(OCCCOc2cc(C)c(C=O)cc2OC)cc1C. The molecule has 1 N–H and O–H groups in total. The molecule has 0 spiro atoms. The summed E-state index contributed by atoms with van der Waals surface area (Å²) in [6.45, 7) is 8.47. The minimum atomic E-state index is -0.144. The number of hydrogen-bond acceptors (Lipinski definition) is 7. The summed E-state index contributed by atoms with van der Waals surface area (Å²) in [5.41, 5.74) is 5.88. The number of aryl methyl sites for hydroxylation is 2. The van der Waals surface area contributed by atoms with Crippen molar-refractivity contribution in [1.82, 2.24) is 4.90 Å². The molecular formula is C34H38N2O6. The number of carbonyl (C=O) groups excluding carboxylic acids is 2. The molecular weight excluding hydrogens is 532 g/mol. The number of ether oxygens (including phenoxy) is 4. The molecule has 1 amide bonds. The summed E-state index contributed by atoms with van der Waals surface area (Å²) >= 11 is 0. The summed E-state index contributed by atoms with van der Waals surface area (Å²) in [6, 6.07) is 15.0. The molecule has 220 valence electrons. The van der Waals surface area contributed by atoms with Crippen molar-refractivity contribution in [2.45, 2.75) is 32.7 Å². The molecule has 0 aliphatic carbocycles. The largest absolute Gasteiger partial charge is 0.493 e. The number of amides is 1. The van der Waals surface area contributed by atoms with E-state index in [0.29, 0.717) is 60.2 Å². The van der Waals surface area contributed by atoms with E-state index in [9.17, 15) is 9.59 Å². The Morgan fingerprint density at radius 3 is 2.14 bits per heavy atom. The third kappa shape index (κ3) is 6.60. The zero-order chi connectivity index (χ0) is 30.2. The quantitative estimate of drug-likeness (QED) is 0.143. The second kappa shape index (κ2) is 13.8. The molecule has 8 nitrogen and oxygen atoms in total. The molecule has 42 heavy (non-hydrogen) atoms. The van der Waals surface area contributed by atoms with Crippen LogP contribution in [0.5, 0.6) is 23.0 Å². The average molecular weight is 571 g/mol. The van der Waals surface area contributed by atoms with Crippen molar-refractivity contribution >= 4 is 23.5 Å². The first-order chi connectivity index (χ1) is 20.3. The molecule has 0 aromatic heterocycles. The summed E-state index contributed by atoms with van der Waals surface area (Å²) < 4.78 is 22.9. The van der Waals surface area contributed by atoms with Crippen LogP contribution < -0.4 is 24.3 Å². The van der Waals surface area contributed by atoms with E-state index < -0.39 is 0 Å². The third-order valence-corrected chi connectivity index (χ3v) is 7.36. The first-order valence-electron chi connectivity index (χ1n) is 13.9. The third-order valence-electron chi connectivity index (χ3n) is 7.36. The monoisotopic (exact) mass is 570 g/mol. The number of methoxy groups -OCH3 is 2. The van der Waals surface area contributed by atoms with E-state index >= 15 is 0 Å². The number of nitrogens with one attached hydrogen (secondary N) is 1. The van der Waals surface area contributed by atoms with Crippen LogP contribution in [0, 0.1) is 13.8 Å². The van der Waals surface area contributed by atoms with Gasteiger partial charge in [0.05, 0.1) is 33.5 Å². The Labute approximate surface area is 247 Å². The molecule has 3 aromatic carbocycles. The molecule has 1 aliphatic heterocycles. The average Bonchev–Trinajstić information content (AvgIpc) is 3.45. The fourth-order valence-electron chi connectivity index (χ4n) is 4.89. The molecule has 0 fully saturated rings. The molecule has 4 rings (SSSR count). The number of hydrogen-bond donors (Lipinski definition) is 1. The van der Waals surface area contributed by atoms with Gasteiger partial charge >= 0.3 is 0 Å². The van der Waals surface area contributed by atoms with Gasteiger partial charge in [-0.15, -0.1) is 6.58 Å². The van der Waals surface area contributed by atoms with Crippen LogP contribution in [0.3, 0.4) is 0 Å². The van der Waals surface area contributed by atoms with Crippen molar-refractivity contribution in [3.8, 4) is 23.0 Å². The Bertz CT molecular complexity index is 1480. The van der Waals surface area contributed by atoms with Gasteiger partial charge in [0.2, 0.25) is 0 Å². The van der Waals surface area contributed by atoms with Crippen LogP contribution in [0.1, 0.15) is 50.2 Å². The number of rotatable bonds is 13. The van der Waals surface area contributed by atoms with Crippen LogP contribution in [-0.2, 0) is 0 Å². The lowest BCUT2D eigenvalue weighted by atomic mass is 10.0. The van der Waals surface area contributed by atoms with Gasteiger partial charge in [0, 0.05) is 36.5 Å². The van der Waals surface area contributed by atoms with Crippen molar-refractivity contribution in [2.24, 2.45) is 0 Å². The zero-order valence-electron chi connectivity index (χ0n) is 24.9. The van der Waals surface area contributed by atoms with Gasteiger partial charge < -0.3 is 29.2 Å². The second-order valence-electron chi connectivity index (χ2n) is 10.0. The highest BCUT2D eigenvalue weighted by Gasteiger charge is 2.30. The van der Waals surface area contributed by atoms with E-state index in [4.69, 9.17) is 18.9 Å². The Balaban J connectivity index is 1.42. The summed E-state index contributed by atoms with van der Waals surface area (Å²) in [7, 11) is 4.98. The molecule has 0 radical (unpaired) electrons. The molecule has 0 saturated carbocycles. The number of carbonyl (C=O) groups is 2. The lowest BCUT2D eigenvalue weighted by molar-refractivity contribution is 0.0805. The molecule has 1 unspecified atom stereocenters. The summed E-state index contributed by atoms with van der Waals surface area (Å²) in [5.74, 6) is 1.99. The number of nitrogens with zero attached hydrogens (tertiary/aromatic N) is 1. The second-order valence-corrected chi connectivity index (χ2v) is 10.0. The van der Waals surface area contributed by atoms with Gasteiger partial charge in [0.25, 0.3) is 5.91 Å². The van der Waals surface area contributed by atoms with Gasteiger partial charge in [-0.05, 0) is 78.9 Å². The van der Waals surface area contributed by atoms with Crippen LogP contribution in [0.15, 0.2) is 67.4 Å². The van der Waals surface area contributed by atoms with E-state index in [1.54, 1.807) is 30.2 Å². The van der Waals surface area contributed by atoms with Crippen molar-refractivity contribution in [3.05, 3.63) is 95.2 Å². The summed E-state index contributed by atoms with van der Waals surface area (Å²) in [4.78, 5) is 26.7. The Kier molecular flexibility index (Phi) is 9.91. The summed E-state index contributed by atoms with van der Waals surface area (Å²) in [5, 5.41) is 3.13. The van der Waals surface area contributed by atoms with Gasteiger partial charge in [-0.25, -0.2) is 0 Å². The fraction of sp³-hybridized carbons (Fsp3) is 0.294. The van der Waals surface area contributed by atoms with Crippen LogP contribution in [-0.4, -0.2) is 57.6 Å². The normalized spacial score (nSPS) is 14.2. The fourth-order valence-corrected chi connectivity index (χ4v) is 4.89. The standard InChI is InChI=1S/C34H38N2O6/c1-7-28-17-25(24-9-11-27(35-4)12-10-24)20-36(28)34(38)29-19-31(40-6)33(16-23(29)3)42-14-8-13-41-32-15-22(2)26(21-37)18-30(32)39-5/h7,9-12,15-16,18-21,28,35H,1,8,13-14,17H2,2-6H3. The van der Waals surface area contributed by atoms with Gasteiger partial charge in [0.1, 0.15) is 6.29 Å². The van der Waals surface area contributed by atoms with E-state index in [1.807, 2.05) is 51.4 Å². The van der Waals surface area contributed by atoms with Gasteiger partial charge in [-0.3, -0.25) is 9.59 Å². The Morgan fingerprint density at radius 1 is 0.952 bits per heavy atom. The van der Waals surface area contributed by atoms with Gasteiger partial charge in [0.15, 0.2) is 23.0 Å². The highest BCUT2D eigenvalue weighted by atomic mass is 16.5. The maximum absolute atomic E-state index is 13.7. The predicted molar refractivity (Wildman–Crippen MR) is 165 cm³/mol. The maximum Gasteiger partial charge on any atom is 0.258 e. The maximum atomic E-state index is 13.7. The van der Waals surface area contributed by atoms with E-state index in [0.717, 1.165) is 34.2 Å². The molecule has 1 atom stereocenters. The van der Waals surface area contributed by atoms with Crippen LogP contribution in [0.25, 0.3) is 5.57 Å². The van der Waals surface area contributed by atoms with E-state index in [2.05, 4.69) is 24.0 Å². The van der Waals surface area contributed by atoms with Gasteiger partial charge in [-0.2, -0.15) is 0 Å². The van der Waals surface area contributed by atoms with Gasteiger partial charge in [-0.1, -0.05) is 18.2 Å². The van der Waals surface area contributed by atoms with Crippen molar-refractivity contribution < 1.29 is 28.5 Å². The lowest BCUT2D eigenvalue weighted by Crippen LogP contribution is -2.31. The minimum absolute atomic E-state index is 0.123. The molecule has 0 bridgehead atoms. The minimum Gasteiger partial charge on any atom is -0.493 e. The zero-order valence-corrected chi connectivity index (χ0v) is 24.9. The van der Waals surface area contributed by atoms with Crippen molar-refractivity contribution in [1.29, 1.82) is 0 Å². The van der Waals surface area contributed by atoms with Crippen LogP contribution in [0.4, 0.5) is 5.69 Å². The molecule has 0 saturated heterocycles. The Hall–Kier alpha value is -4.72. The number of anilines is 1. The number of benzene rings is 3. The Morgan fingerprint density at radius 2 is 1.57 bits per heavy atom. The van der Waals surface area contributed by atoms with E-state index in [-0.39, 0.29) is 11.9 Å². The van der Waals surface area contributed by atoms with Crippen molar-refractivity contribution in [3.63, 3.8) is 0 Å². The highest BCUT2D eigenvalue weighted by molar-refractivity contribution is 5.99. The highest BCUT2D eigenvalue weighted by Crippen LogP contribution is 2.36.